The molecule has 98 heavy (non-hydrogen) atoms. The number of phosphoric acid groups is 2. The van der Waals surface area contributed by atoms with E-state index in [-0.39, 0.29) is 25.7 Å². The van der Waals surface area contributed by atoms with E-state index < -0.39 is 97.5 Å². The van der Waals surface area contributed by atoms with Crippen LogP contribution in [0, 0.1) is 0 Å². The molecular weight excluding hydrogens is 1280 g/mol. The summed E-state index contributed by atoms with van der Waals surface area (Å²) < 4.78 is 68.5. The Morgan fingerprint density at radius 2 is 0.408 bits per heavy atom. The molecule has 0 spiro atoms. The fourth-order valence-corrected chi connectivity index (χ4v) is 13.9. The fourth-order valence-electron chi connectivity index (χ4n) is 12.3. The maximum Gasteiger partial charge on any atom is 0.472 e. The smallest absolute Gasteiger partial charge is 0.462 e. The number of aliphatic hydroxyl groups excluding tert-OH is 1. The van der Waals surface area contributed by atoms with Crippen molar-refractivity contribution in [2.24, 2.45) is 0 Å². The Hall–Kier alpha value is -1.94. The zero-order valence-corrected chi connectivity index (χ0v) is 65.6. The first-order chi connectivity index (χ1) is 47.7. The van der Waals surface area contributed by atoms with E-state index >= 15 is 0 Å². The van der Waals surface area contributed by atoms with Crippen molar-refractivity contribution in [2.45, 2.75) is 444 Å². The zero-order chi connectivity index (χ0) is 71.8. The number of carbonyl (C=O) groups excluding carboxylic acids is 4. The van der Waals surface area contributed by atoms with Gasteiger partial charge in [-0.25, -0.2) is 9.13 Å². The van der Waals surface area contributed by atoms with Gasteiger partial charge in [-0.1, -0.05) is 374 Å². The first-order valence-electron chi connectivity index (χ1n) is 41.3. The third-order valence-electron chi connectivity index (χ3n) is 18.6. The minimum absolute atomic E-state index is 0.108. The van der Waals surface area contributed by atoms with Crippen molar-refractivity contribution in [1.82, 2.24) is 0 Å². The number of carbonyl (C=O) groups is 4. The molecule has 0 saturated heterocycles. The molecule has 0 heterocycles. The molecule has 0 aromatic carbocycles. The monoisotopic (exact) mass is 1440 g/mol. The average molecular weight is 1440 g/mol. The Morgan fingerprint density at radius 1 is 0.245 bits per heavy atom. The van der Waals surface area contributed by atoms with Gasteiger partial charge < -0.3 is 33.8 Å². The summed E-state index contributed by atoms with van der Waals surface area (Å²) in [6.45, 7) is 4.98. The summed E-state index contributed by atoms with van der Waals surface area (Å²) in [6, 6.07) is 0. The van der Waals surface area contributed by atoms with Crippen LogP contribution in [0.1, 0.15) is 426 Å². The predicted octanol–water partition coefficient (Wildman–Crippen LogP) is 23.8. The molecule has 582 valence electrons. The average Bonchev–Trinajstić information content (AvgIpc) is 0.975. The van der Waals surface area contributed by atoms with Crippen LogP contribution in [0.3, 0.4) is 0 Å². The Balaban J connectivity index is 5.18. The van der Waals surface area contributed by atoms with Gasteiger partial charge in [0.05, 0.1) is 26.4 Å². The van der Waals surface area contributed by atoms with Gasteiger partial charge in [0.25, 0.3) is 0 Å². The third kappa shape index (κ3) is 72.4. The van der Waals surface area contributed by atoms with E-state index in [9.17, 15) is 43.2 Å². The number of hydrogen-bond acceptors (Lipinski definition) is 15. The van der Waals surface area contributed by atoms with Crippen LogP contribution < -0.4 is 0 Å². The number of unbranched alkanes of at least 4 members (excludes halogenated alkanes) is 54. The van der Waals surface area contributed by atoms with Gasteiger partial charge in [-0.15, -0.1) is 0 Å². The molecule has 0 aromatic rings. The summed E-state index contributed by atoms with van der Waals surface area (Å²) >= 11 is 0. The van der Waals surface area contributed by atoms with Crippen molar-refractivity contribution in [2.75, 3.05) is 39.6 Å². The lowest BCUT2D eigenvalue weighted by Gasteiger charge is -2.21. The molecule has 0 bridgehead atoms. The Kier molecular flexibility index (Phi) is 71.9. The molecule has 0 radical (unpaired) electrons. The summed E-state index contributed by atoms with van der Waals surface area (Å²) in [5.41, 5.74) is 0. The lowest BCUT2D eigenvalue weighted by atomic mass is 10.0. The fraction of sp³-hybridized carbons (Fsp3) is 0.949. The second-order valence-electron chi connectivity index (χ2n) is 28.5. The molecular formula is C79H154O17P2. The van der Waals surface area contributed by atoms with E-state index in [0.717, 1.165) is 103 Å². The highest BCUT2D eigenvalue weighted by Crippen LogP contribution is 2.45. The molecule has 0 saturated carbocycles. The number of aliphatic hydroxyl groups is 1. The quantitative estimate of drug-likeness (QED) is 0.0222. The van der Waals surface area contributed by atoms with Crippen LogP contribution in [-0.4, -0.2) is 96.7 Å². The Morgan fingerprint density at radius 3 is 0.602 bits per heavy atom. The topological polar surface area (TPSA) is 237 Å². The third-order valence-corrected chi connectivity index (χ3v) is 20.5. The molecule has 0 aliphatic carbocycles. The van der Waals surface area contributed by atoms with Crippen molar-refractivity contribution in [3.63, 3.8) is 0 Å². The summed E-state index contributed by atoms with van der Waals surface area (Å²) in [5, 5.41) is 10.6. The van der Waals surface area contributed by atoms with Gasteiger partial charge in [0.1, 0.15) is 19.3 Å². The SMILES string of the molecule is CCCCCCCCCCCCCCCCCCCCC(=O)OC[C@H](COP(=O)(O)OC[C@@H](O)COP(=O)(O)OC[C@@H](COC(=O)CCCCCCCCC)OC(=O)CCCCCCCCCCCCCCCCC)OC(=O)CCCCCCCCCCCCCCCCCCCC. The molecule has 19 heteroatoms. The van der Waals surface area contributed by atoms with Crippen molar-refractivity contribution in [3.05, 3.63) is 0 Å². The van der Waals surface area contributed by atoms with Gasteiger partial charge >= 0.3 is 39.5 Å². The number of ether oxygens (including phenoxy) is 4. The standard InChI is InChI=1S/C79H154O17P2/c1-5-9-13-17-21-24-27-30-33-35-37-40-42-45-48-52-56-60-64-77(82)90-70-75(96-79(84)66-62-58-54-50-47-44-41-38-36-34-31-28-25-22-18-14-10-6-2)72-94-98(87,88)92-68-73(80)67-91-97(85,86)93-71-74(69-89-76(81)63-59-55-51-20-16-12-8-4)95-78(83)65-61-57-53-49-46-43-39-32-29-26-23-19-15-11-7-3/h73-75,80H,5-72H2,1-4H3,(H,85,86)(H,87,88)/t73-,74+,75+/m0/s1. The van der Waals surface area contributed by atoms with E-state index in [1.807, 2.05) is 0 Å². The lowest BCUT2D eigenvalue weighted by molar-refractivity contribution is -0.161. The van der Waals surface area contributed by atoms with Crippen LogP contribution in [0.4, 0.5) is 0 Å². The van der Waals surface area contributed by atoms with Crippen molar-refractivity contribution in [1.29, 1.82) is 0 Å². The minimum atomic E-state index is -4.96. The van der Waals surface area contributed by atoms with E-state index in [1.54, 1.807) is 0 Å². The van der Waals surface area contributed by atoms with Crippen LogP contribution in [0.15, 0.2) is 0 Å². The van der Waals surface area contributed by atoms with Crippen LogP contribution in [-0.2, 0) is 65.4 Å². The first kappa shape index (κ1) is 96.1. The normalized spacial score (nSPS) is 13.8. The predicted molar refractivity (Wildman–Crippen MR) is 400 cm³/mol. The summed E-state index contributed by atoms with van der Waals surface area (Å²) in [5.74, 6) is -2.11. The highest BCUT2D eigenvalue weighted by atomic mass is 31.2. The maximum absolute atomic E-state index is 13.1. The molecule has 17 nitrogen and oxygen atoms in total. The molecule has 0 aromatic heterocycles. The van der Waals surface area contributed by atoms with Crippen molar-refractivity contribution >= 4 is 39.5 Å². The highest BCUT2D eigenvalue weighted by Gasteiger charge is 2.30. The summed E-state index contributed by atoms with van der Waals surface area (Å²) in [7, 11) is -9.91. The second-order valence-corrected chi connectivity index (χ2v) is 31.4. The van der Waals surface area contributed by atoms with Crippen molar-refractivity contribution < 1.29 is 80.2 Å². The molecule has 3 N–H and O–H groups in total. The van der Waals surface area contributed by atoms with Gasteiger partial charge in [0.15, 0.2) is 12.2 Å². The molecule has 0 aliphatic rings. The van der Waals surface area contributed by atoms with Crippen molar-refractivity contribution in [3.8, 4) is 0 Å². The first-order valence-corrected chi connectivity index (χ1v) is 44.3. The summed E-state index contributed by atoms with van der Waals surface area (Å²) in [6.07, 6.45) is 65.3. The lowest BCUT2D eigenvalue weighted by Crippen LogP contribution is -2.30. The van der Waals surface area contributed by atoms with Crippen LogP contribution in [0.2, 0.25) is 0 Å². The largest absolute Gasteiger partial charge is 0.472 e. The molecule has 5 atom stereocenters. The van der Waals surface area contributed by atoms with Gasteiger partial charge in [0, 0.05) is 25.7 Å². The van der Waals surface area contributed by atoms with E-state index in [2.05, 4.69) is 27.7 Å². The Labute approximate surface area is 600 Å². The maximum atomic E-state index is 13.1. The van der Waals surface area contributed by atoms with Gasteiger partial charge in [-0.05, 0) is 25.7 Å². The van der Waals surface area contributed by atoms with Crippen LogP contribution in [0.5, 0.6) is 0 Å². The number of rotatable bonds is 80. The van der Waals surface area contributed by atoms with Gasteiger partial charge in [0.2, 0.25) is 0 Å². The van der Waals surface area contributed by atoms with Crippen LogP contribution in [0.25, 0.3) is 0 Å². The molecule has 0 rings (SSSR count). The number of phosphoric ester groups is 2. The Bertz CT molecular complexity index is 1860. The van der Waals surface area contributed by atoms with Crippen LogP contribution >= 0.6 is 15.6 Å². The second kappa shape index (κ2) is 73.4. The number of hydrogen-bond donors (Lipinski definition) is 3. The minimum Gasteiger partial charge on any atom is -0.462 e. The molecule has 0 amide bonds. The highest BCUT2D eigenvalue weighted by molar-refractivity contribution is 7.47. The van der Waals surface area contributed by atoms with E-state index in [1.165, 1.54) is 244 Å². The number of esters is 4. The molecule has 2 unspecified atom stereocenters. The van der Waals surface area contributed by atoms with Gasteiger partial charge in [-0.2, -0.15) is 0 Å². The molecule has 0 aliphatic heterocycles. The molecule has 0 fully saturated rings. The van der Waals surface area contributed by atoms with E-state index in [4.69, 9.17) is 37.0 Å². The van der Waals surface area contributed by atoms with E-state index in [0.29, 0.717) is 25.7 Å². The zero-order valence-electron chi connectivity index (χ0n) is 63.8. The van der Waals surface area contributed by atoms with Gasteiger partial charge in [-0.3, -0.25) is 37.3 Å². The summed E-state index contributed by atoms with van der Waals surface area (Å²) in [4.78, 5) is 72.8.